The molecule has 126 valence electrons. The number of carbonyl (C=O) groups is 2. The maximum atomic E-state index is 12.3. The maximum Gasteiger partial charge on any atom is 0.272 e. The van der Waals surface area contributed by atoms with Crippen molar-refractivity contribution in [3.05, 3.63) is 70.1 Å². The number of aromatic nitrogens is 2. The van der Waals surface area contributed by atoms with Crippen LogP contribution in [0.2, 0.25) is 0 Å². The zero-order valence-electron chi connectivity index (χ0n) is 13.3. The average molecular weight is 336 g/mol. The van der Waals surface area contributed by atoms with Gasteiger partial charge in [-0.15, -0.1) is 0 Å². The average Bonchev–Trinajstić information content (AvgIpc) is 2.59. The number of fused-ring (bicyclic) bond motifs is 1. The van der Waals surface area contributed by atoms with E-state index in [2.05, 4.69) is 15.5 Å². The van der Waals surface area contributed by atoms with Gasteiger partial charge in [0.05, 0.1) is 23.9 Å². The van der Waals surface area contributed by atoms with Crippen LogP contribution in [0.3, 0.4) is 0 Å². The minimum atomic E-state index is -0.409. The van der Waals surface area contributed by atoms with Crippen LogP contribution in [0.1, 0.15) is 11.3 Å². The summed E-state index contributed by atoms with van der Waals surface area (Å²) in [5, 5.41) is 10.3. The summed E-state index contributed by atoms with van der Waals surface area (Å²) in [5.41, 5.74) is 6.74. The van der Waals surface area contributed by atoms with Gasteiger partial charge in [0.25, 0.3) is 5.56 Å². The van der Waals surface area contributed by atoms with E-state index in [0.29, 0.717) is 22.2 Å². The molecule has 4 N–H and O–H groups in total. The number of nitrogens with zero attached hydrogens (tertiary/aromatic N) is 1. The van der Waals surface area contributed by atoms with E-state index in [1.807, 2.05) is 0 Å². The van der Waals surface area contributed by atoms with Crippen LogP contribution in [0.15, 0.2) is 53.3 Å². The molecule has 25 heavy (non-hydrogen) atoms. The molecule has 0 aliphatic heterocycles. The lowest BCUT2D eigenvalue weighted by Gasteiger charge is -2.07. The van der Waals surface area contributed by atoms with Crippen molar-refractivity contribution in [2.24, 2.45) is 5.73 Å². The van der Waals surface area contributed by atoms with Gasteiger partial charge in [-0.25, -0.2) is 5.10 Å². The van der Waals surface area contributed by atoms with E-state index in [0.717, 1.165) is 5.56 Å². The monoisotopic (exact) mass is 336 g/mol. The van der Waals surface area contributed by atoms with Crippen molar-refractivity contribution in [3.8, 4) is 0 Å². The molecule has 0 aliphatic rings. The first kappa shape index (κ1) is 16.4. The van der Waals surface area contributed by atoms with Crippen molar-refractivity contribution in [2.75, 3.05) is 5.32 Å². The van der Waals surface area contributed by atoms with Crippen LogP contribution in [0.4, 0.5) is 5.69 Å². The van der Waals surface area contributed by atoms with E-state index in [1.165, 1.54) is 0 Å². The van der Waals surface area contributed by atoms with Crippen molar-refractivity contribution in [1.82, 2.24) is 10.2 Å². The molecule has 0 aliphatic carbocycles. The van der Waals surface area contributed by atoms with Gasteiger partial charge in [-0.1, -0.05) is 30.3 Å². The Balaban J connectivity index is 1.74. The van der Waals surface area contributed by atoms with Crippen molar-refractivity contribution < 1.29 is 9.59 Å². The number of rotatable bonds is 5. The Hall–Kier alpha value is -3.48. The SMILES string of the molecule is NC(=O)Cc1ccc(NC(=O)Cc2n[nH]c(=O)c3ccccc23)cc1. The number of carbonyl (C=O) groups excluding carboxylic acids is 2. The molecule has 7 nitrogen and oxygen atoms in total. The standard InChI is InChI=1S/C18H16N4O3/c19-16(23)9-11-5-7-12(8-6-11)20-17(24)10-15-13-3-1-2-4-14(13)18(25)22-21-15/h1-8H,9-10H2,(H2,19,23)(H,20,24)(H,22,25). The first-order valence-electron chi connectivity index (χ1n) is 7.66. The number of aromatic amines is 1. The molecule has 7 heteroatoms. The summed E-state index contributed by atoms with van der Waals surface area (Å²) in [7, 11) is 0. The van der Waals surface area contributed by atoms with Gasteiger partial charge in [-0.3, -0.25) is 14.4 Å². The van der Waals surface area contributed by atoms with Gasteiger partial charge < -0.3 is 11.1 Å². The highest BCUT2D eigenvalue weighted by molar-refractivity contribution is 5.95. The number of hydrogen-bond donors (Lipinski definition) is 3. The predicted octanol–water partition coefficient (Wildman–Crippen LogP) is 1.13. The molecule has 1 aromatic heterocycles. The van der Waals surface area contributed by atoms with Gasteiger partial charge in [-0.05, 0) is 23.8 Å². The molecule has 3 aromatic rings. The third-order valence-electron chi connectivity index (χ3n) is 3.72. The van der Waals surface area contributed by atoms with E-state index in [9.17, 15) is 14.4 Å². The highest BCUT2D eigenvalue weighted by Gasteiger charge is 2.11. The number of primary amides is 1. The summed E-state index contributed by atoms with van der Waals surface area (Å²) in [6, 6.07) is 13.9. The topological polar surface area (TPSA) is 118 Å². The van der Waals surface area contributed by atoms with E-state index >= 15 is 0 Å². The van der Waals surface area contributed by atoms with Gasteiger partial charge in [0.15, 0.2) is 0 Å². The molecule has 0 atom stereocenters. The van der Waals surface area contributed by atoms with Crippen molar-refractivity contribution in [3.63, 3.8) is 0 Å². The van der Waals surface area contributed by atoms with Crippen LogP contribution in [-0.4, -0.2) is 22.0 Å². The Labute approximate surface area is 142 Å². The zero-order valence-corrected chi connectivity index (χ0v) is 13.3. The highest BCUT2D eigenvalue weighted by atomic mass is 16.2. The van der Waals surface area contributed by atoms with E-state index in [-0.39, 0.29) is 24.3 Å². The van der Waals surface area contributed by atoms with Gasteiger partial charge in [0, 0.05) is 11.1 Å². The molecule has 0 saturated carbocycles. The van der Waals surface area contributed by atoms with Crippen molar-refractivity contribution >= 4 is 28.3 Å². The Morgan fingerprint density at radius 2 is 1.68 bits per heavy atom. The molecule has 3 rings (SSSR count). The second kappa shape index (κ2) is 6.96. The van der Waals surface area contributed by atoms with Crippen molar-refractivity contribution in [2.45, 2.75) is 12.8 Å². The number of benzene rings is 2. The largest absolute Gasteiger partial charge is 0.369 e. The van der Waals surface area contributed by atoms with E-state index in [4.69, 9.17) is 5.73 Å². The minimum absolute atomic E-state index is 0.0281. The predicted molar refractivity (Wildman–Crippen MR) is 94.0 cm³/mol. The summed E-state index contributed by atoms with van der Waals surface area (Å²) < 4.78 is 0. The zero-order chi connectivity index (χ0) is 17.8. The highest BCUT2D eigenvalue weighted by Crippen LogP contribution is 2.14. The number of amides is 2. The molecular formula is C18H16N4O3. The minimum Gasteiger partial charge on any atom is -0.369 e. The fraction of sp³-hybridized carbons (Fsp3) is 0.111. The second-order valence-corrected chi connectivity index (χ2v) is 5.61. The van der Waals surface area contributed by atoms with Crippen LogP contribution in [0.5, 0.6) is 0 Å². The summed E-state index contributed by atoms with van der Waals surface area (Å²) in [6.07, 6.45) is 0.182. The van der Waals surface area contributed by atoms with Gasteiger partial charge in [-0.2, -0.15) is 5.10 Å². The molecule has 2 aromatic carbocycles. The molecule has 0 saturated heterocycles. The van der Waals surface area contributed by atoms with Gasteiger partial charge in [0.2, 0.25) is 11.8 Å². The summed E-state index contributed by atoms with van der Waals surface area (Å²) in [4.78, 5) is 34.9. The molecule has 0 fully saturated rings. The van der Waals surface area contributed by atoms with Gasteiger partial charge in [0.1, 0.15) is 0 Å². The fourth-order valence-corrected chi connectivity index (χ4v) is 2.57. The van der Waals surface area contributed by atoms with Gasteiger partial charge >= 0.3 is 0 Å². The van der Waals surface area contributed by atoms with Crippen LogP contribution >= 0.6 is 0 Å². The Kier molecular flexibility index (Phi) is 4.56. The Morgan fingerprint density at radius 1 is 1.00 bits per heavy atom. The number of hydrogen-bond acceptors (Lipinski definition) is 4. The third-order valence-corrected chi connectivity index (χ3v) is 3.72. The molecule has 0 radical (unpaired) electrons. The number of nitrogens with one attached hydrogen (secondary N) is 2. The molecular weight excluding hydrogens is 320 g/mol. The summed E-state index contributed by atoms with van der Waals surface area (Å²) in [6.45, 7) is 0. The quantitative estimate of drug-likeness (QED) is 0.647. The van der Waals surface area contributed by atoms with Crippen LogP contribution in [0.25, 0.3) is 10.8 Å². The second-order valence-electron chi connectivity index (χ2n) is 5.61. The lowest BCUT2D eigenvalue weighted by atomic mass is 10.1. The normalized spacial score (nSPS) is 10.6. The van der Waals surface area contributed by atoms with Crippen molar-refractivity contribution in [1.29, 1.82) is 0 Å². The number of anilines is 1. The van der Waals surface area contributed by atoms with Crippen LogP contribution in [-0.2, 0) is 22.4 Å². The van der Waals surface area contributed by atoms with E-state index in [1.54, 1.807) is 48.5 Å². The molecule has 0 spiro atoms. The summed E-state index contributed by atoms with van der Waals surface area (Å²) >= 11 is 0. The lowest BCUT2D eigenvalue weighted by molar-refractivity contribution is -0.117. The maximum absolute atomic E-state index is 12.3. The van der Waals surface area contributed by atoms with Crippen LogP contribution in [0, 0.1) is 0 Å². The third kappa shape index (κ3) is 3.89. The number of nitrogens with two attached hydrogens (primary N) is 1. The fourth-order valence-electron chi connectivity index (χ4n) is 2.57. The number of H-pyrrole nitrogens is 1. The first-order chi connectivity index (χ1) is 12.0. The smallest absolute Gasteiger partial charge is 0.272 e. The Morgan fingerprint density at radius 3 is 2.36 bits per heavy atom. The first-order valence-corrected chi connectivity index (χ1v) is 7.66. The molecule has 2 amide bonds. The van der Waals surface area contributed by atoms with E-state index < -0.39 is 5.91 Å². The molecule has 0 unspecified atom stereocenters. The summed E-state index contributed by atoms with van der Waals surface area (Å²) in [5.74, 6) is -0.667. The Bertz CT molecular complexity index is 993. The van der Waals surface area contributed by atoms with Crippen LogP contribution < -0.4 is 16.6 Å². The molecule has 0 bridgehead atoms. The lowest BCUT2D eigenvalue weighted by Crippen LogP contribution is -2.18. The molecule has 1 heterocycles.